The van der Waals surface area contributed by atoms with Crippen molar-refractivity contribution in [2.75, 3.05) is 11.5 Å². The van der Waals surface area contributed by atoms with Gasteiger partial charge in [0.05, 0.1) is 5.60 Å². The zero-order valence-corrected chi connectivity index (χ0v) is 9.43. The molecule has 1 unspecified atom stereocenters. The Hall–Kier alpha value is -0.750. The summed E-state index contributed by atoms with van der Waals surface area (Å²) in [5, 5.41) is 16.9. The van der Waals surface area contributed by atoms with E-state index in [9.17, 15) is 5.11 Å². The van der Waals surface area contributed by atoms with Crippen molar-refractivity contribution < 1.29 is 5.11 Å². The van der Waals surface area contributed by atoms with Crippen LogP contribution in [0.5, 0.6) is 0 Å². The minimum absolute atomic E-state index is 0.200. The summed E-state index contributed by atoms with van der Waals surface area (Å²) in [7, 11) is 0. The summed E-state index contributed by atoms with van der Waals surface area (Å²) in [6.45, 7) is 5.76. The normalized spacial score (nSPS) is 15.8. The molecule has 0 saturated heterocycles. The number of aromatic nitrogens is 3. The number of rotatable bonds is 4. The molecule has 0 aliphatic carbocycles. The second-order valence-corrected chi connectivity index (χ2v) is 4.75. The van der Waals surface area contributed by atoms with E-state index in [-0.39, 0.29) is 5.92 Å². The first kappa shape index (κ1) is 11.3. The Labute approximate surface area is 87.5 Å². The second kappa shape index (κ2) is 4.18. The molecule has 1 atom stereocenters. The van der Waals surface area contributed by atoms with Gasteiger partial charge in [0.1, 0.15) is 0 Å². The van der Waals surface area contributed by atoms with Crippen LogP contribution in [0.1, 0.15) is 20.8 Å². The summed E-state index contributed by atoms with van der Waals surface area (Å²) < 4.78 is 0. The Bertz CT molecular complexity index is 297. The van der Waals surface area contributed by atoms with E-state index in [1.54, 1.807) is 6.92 Å². The number of nitrogens with one attached hydrogen (secondary N) is 1. The molecule has 4 N–H and O–H groups in total. The minimum atomic E-state index is -0.708. The summed E-state index contributed by atoms with van der Waals surface area (Å²) in [5.41, 5.74) is 4.66. The van der Waals surface area contributed by atoms with Crippen molar-refractivity contribution in [2.24, 2.45) is 5.92 Å². The SMILES string of the molecule is CC(C)C(C)(O)CSc1n[nH]c(N)n1. The van der Waals surface area contributed by atoms with E-state index in [1.807, 2.05) is 13.8 Å². The van der Waals surface area contributed by atoms with Gasteiger partial charge in [-0.3, -0.25) is 0 Å². The molecular formula is C8H16N4OS. The molecule has 1 aromatic rings. The number of nitrogens with zero attached hydrogens (tertiary/aromatic N) is 2. The topological polar surface area (TPSA) is 87.8 Å². The molecule has 0 radical (unpaired) electrons. The number of nitrogens with two attached hydrogens (primary N) is 1. The van der Waals surface area contributed by atoms with Crippen LogP contribution in [0.25, 0.3) is 0 Å². The van der Waals surface area contributed by atoms with Gasteiger partial charge in [-0.1, -0.05) is 25.6 Å². The Balaban J connectivity index is 2.48. The summed E-state index contributed by atoms with van der Waals surface area (Å²) in [4.78, 5) is 3.94. The highest BCUT2D eigenvalue weighted by Gasteiger charge is 2.25. The lowest BCUT2D eigenvalue weighted by atomic mass is 9.95. The van der Waals surface area contributed by atoms with Gasteiger partial charge in [-0.05, 0) is 12.8 Å². The molecule has 1 rings (SSSR count). The second-order valence-electron chi connectivity index (χ2n) is 3.80. The van der Waals surface area contributed by atoms with E-state index in [1.165, 1.54) is 11.8 Å². The molecule has 0 aromatic carbocycles. The van der Waals surface area contributed by atoms with Crippen LogP contribution in [0.4, 0.5) is 5.95 Å². The molecule has 0 bridgehead atoms. The number of aliphatic hydroxyl groups is 1. The molecule has 0 aliphatic heterocycles. The molecule has 1 heterocycles. The van der Waals surface area contributed by atoms with Gasteiger partial charge in [0.25, 0.3) is 0 Å². The van der Waals surface area contributed by atoms with Crippen molar-refractivity contribution in [2.45, 2.75) is 31.5 Å². The van der Waals surface area contributed by atoms with Crippen LogP contribution < -0.4 is 5.73 Å². The zero-order valence-electron chi connectivity index (χ0n) is 8.61. The molecule has 0 spiro atoms. The summed E-state index contributed by atoms with van der Waals surface area (Å²) in [6.07, 6.45) is 0. The van der Waals surface area contributed by atoms with Gasteiger partial charge in [-0.15, -0.1) is 5.10 Å². The van der Waals surface area contributed by atoms with Crippen LogP contribution in [0.3, 0.4) is 0 Å². The monoisotopic (exact) mass is 216 g/mol. The van der Waals surface area contributed by atoms with Crippen molar-refractivity contribution in [1.82, 2.24) is 15.2 Å². The average molecular weight is 216 g/mol. The van der Waals surface area contributed by atoms with Crippen molar-refractivity contribution >= 4 is 17.7 Å². The molecule has 14 heavy (non-hydrogen) atoms. The molecule has 1 aromatic heterocycles. The lowest BCUT2D eigenvalue weighted by Crippen LogP contribution is -2.33. The smallest absolute Gasteiger partial charge is 0.216 e. The minimum Gasteiger partial charge on any atom is -0.389 e. The Morgan fingerprint density at radius 1 is 1.64 bits per heavy atom. The summed E-state index contributed by atoms with van der Waals surface area (Å²) in [6, 6.07) is 0. The van der Waals surface area contributed by atoms with Crippen LogP contribution in [0.15, 0.2) is 5.16 Å². The highest BCUT2D eigenvalue weighted by molar-refractivity contribution is 7.99. The van der Waals surface area contributed by atoms with Crippen molar-refractivity contribution in [3.63, 3.8) is 0 Å². The van der Waals surface area contributed by atoms with Crippen molar-refractivity contribution in [1.29, 1.82) is 0 Å². The van der Waals surface area contributed by atoms with Gasteiger partial charge < -0.3 is 10.8 Å². The quantitative estimate of drug-likeness (QED) is 0.650. The average Bonchev–Trinajstić information content (AvgIpc) is 2.48. The number of aromatic amines is 1. The number of nitrogen functional groups attached to an aromatic ring is 1. The fourth-order valence-corrected chi connectivity index (χ4v) is 1.73. The standard InChI is InChI=1S/C8H16N4OS/c1-5(2)8(3,13)4-14-7-10-6(9)11-12-7/h5,13H,4H2,1-3H3,(H3,9,10,11,12). The number of hydrogen-bond acceptors (Lipinski definition) is 5. The van der Waals surface area contributed by atoms with Gasteiger partial charge in [-0.25, -0.2) is 5.10 Å². The van der Waals surface area contributed by atoms with Crippen molar-refractivity contribution in [3.8, 4) is 0 Å². The van der Waals surface area contributed by atoms with E-state index in [0.717, 1.165) is 0 Å². The predicted molar refractivity (Wildman–Crippen MR) is 57.0 cm³/mol. The molecule has 0 aliphatic rings. The molecular weight excluding hydrogens is 200 g/mol. The molecule has 6 heteroatoms. The third-order valence-corrected chi connectivity index (χ3v) is 3.39. The highest BCUT2D eigenvalue weighted by atomic mass is 32.2. The number of thioether (sulfide) groups is 1. The molecule has 0 fully saturated rings. The molecule has 80 valence electrons. The first-order chi connectivity index (χ1) is 6.42. The largest absolute Gasteiger partial charge is 0.389 e. The van der Waals surface area contributed by atoms with Crippen LogP contribution in [0.2, 0.25) is 0 Å². The third kappa shape index (κ3) is 2.88. The molecule has 0 amide bonds. The van der Waals surface area contributed by atoms with Gasteiger partial charge in [0.15, 0.2) is 0 Å². The predicted octanol–water partition coefficient (Wildman–Crippen LogP) is 0.886. The van der Waals surface area contributed by atoms with E-state index >= 15 is 0 Å². The fourth-order valence-electron chi connectivity index (χ4n) is 0.700. The van der Waals surface area contributed by atoms with Crippen LogP contribution in [0, 0.1) is 5.92 Å². The van der Waals surface area contributed by atoms with Gasteiger partial charge >= 0.3 is 0 Å². The Morgan fingerprint density at radius 3 is 2.71 bits per heavy atom. The number of hydrogen-bond donors (Lipinski definition) is 3. The lowest BCUT2D eigenvalue weighted by Gasteiger charge is -2.26. The Kier molecular flexibility index (Phi) is 3.38. The van der Waals surface area contributed by atoms with E-state index in [4.69, 9.17) is 5.73 Å². The zero-order chi connectivity index (χ0) is 10.8. The molecule has 0 saturated carbocycles. The lowest BCUT2D eigenvalue weighted by molar-refractivity contribution is 0.0376. The highest BCUT2D eigenvalue weighted by Crippen LogP contribution is 2.24. The Morgan fingerprint density at radius 2 is 2.29 bits per heavy atom. The van der Waals surface area contributed by atoms with E-state index in [2.05, 4.69) is 15.2 Å². The molecule has 5 nitrogen and oxygen atoms in total. The first-order valence-electron chi connectivity index (χ1n) is 4.45. The van der Waals surface area contributed by atoms with E-state index < -0.39 is 5.60 Å². The van der Waals surface area contributed by atoms with Gasteiger partial charge in [0, 0.05) is 5.75 Å². The van der Waals surface area contributed by atoms with Gasteiger partial charge in [-0.2, -0.15) is 4.98 Å². The maximum absolute atomic E-state index is 9.94. The van der Waals surface area contributed by atoms with Gasteiger partial charge in [0.2, 0.25) is 11.1 Å². The fraction of sp³-hybridized carbons (Fsp3) is 0.750. The van der Waals surface area contributed by atoms with Crippen LogP contribution >= 0.6 is 11.8 Å². The maximum atomic E-state index is 9.94. The number of H-pyrrole nitrogens is 1. The summed E-state index contributed by atoms with van der Waals surface area (Å²) in [5.74, 6) is 1.06. The van der Waals surface area contributed by atoms with E-state index in [0.29, 0.717) is 16.9 Å². The first-order valence-corrected chi connectivity index (χ1v) is 5.43. The third-order valence-electron chi connectivity index (χ3n) is 2.22. The summed E-state index contributed by atoms with van der Waals surface area (Å²) >= 11 is 1.39. The van der Waals surface area contributed by atoms with Crippen LogP contribution in [-0.2, 0) is 0 Å². The van der Waals surface area contributed by atoms with Crippen LogP contribution in [-0.4, -0.2) is 31.6 Å². The maximum Gasteiger partial charge on any atom is 0.216 e. The number of anilines is 1. The van der Waals surface area contributed by atoms with Crippen molar-refractivity contribution in [3.05, 3.63) is 0 Å².